The van der Waals surface area contributed by atoms with Crippen molar-refractivity contribution in [1.82, 2.24) is 0 Å². The summed E-state index contributed by atoms with van der Waals surface area (Å²) in [6.45, 7) is 24.4. The zero-order chi connectivity index (χ0) is 22.1. The molecule has 28 heavy (non-hydrogen) atoms. The largest absolute Gasteiger partial charge is 0.506 e. The highest BCUT2D eigenvalue weighted by Gasteiger charge is 2.52. The summed E-state index contributed by atoms with van der Waals surface area (Å²) in [6, 6.07) is 0.943. The fraction of sp³-hybridized carbons (Fsp3) is 1.00. The van der Waals surface area contributed by atoms with Crippen molar-refractivity contribution < 1.29 is 26.6 Å². The Morgan fingerprint density at radius 1 is 0.536 bits per heavy atom. The fourth-order valence-electron chi connectivity index (χ4n) is 2.74. The average molecular weight is 441 g/mol. The molecule has 0 aromatic carbocycles. The quantitative estimate of drug-likeness (QED) is 0.306. The van der Waals surface area contributed by atoms with E-state index in [0.29, 0.717) is 39.6 Å². The van der Waals surface area contributed by atoms with Gasteiger partial charge in [-0.15, -0.1) is 0 Å². The van der Waals surface area contributed by atoms with Gasteiger partial charge in [0, 0.05) is 50.7 Å². The lowest BCUT2D eigenvalue weighted by Crippen LogP contribution is -2.53. The number of hydrogen-bond acceptors (Lipinski definition) is 6. The minimum atomic E-state index is -2.50. The van der Waals surface area contributed by atoms with E-state index < -0.39 is 17.6 Å². The summed E-state index contributed by atoms with van der Waals surface area (Å²) >= 11 is 0. The van der Waals surface area contributed by atoms with Crippen LogP contribution in [-0.4, -0.2) is 57.3 Å². The predicted octanol–water partition coefficient (Wildman–Crippen LogP) is 5.67. The third kappa shape index (κ3) is 11.4. The maximum atomic E-state index is 5.77. The van der Waals surface area contributed by atoms with Gasteiger partial charge in [-0.2, -0.15) is 0 Å². The van der Waals surface area contributed by atoms with Gasteiger partial charge in [-0.3, -0.25) is 0 Å². The van der Waals surface area contributed by atoms with E-state index in [1.165, 1.54) is 0 Å². The summed E-state index contributed by atoms with van der Waals surface area (Å²) in [4.78, 5) is 0. The van der Waals surface area contributed by atoms with Crippen LogP contribution in [0.3, 0.4) is 0 Å². The molecule has 0 saturated carbocycles. The van der Waals surface area contributed by atoms with Crippen LogP contribution in [0.5, 0.6) is 0 Å². The minimum Gasteiger partial charge on any atom is -0.374 e. The number of rotatable bonds is 15. The Hall–Kier alpha value is 0.194. The normalized spacial score (nSPS) is 12.6. The molecule has 0 unspecified atom stereocenters. The third-order valence-corrected chi connectivity index (χ3v) is 10.8. The van der Waals surface area contributed by atoms with Crippen molar-refractivity contribution in [3.05, 3.63) is 0 Å². The lowest BCUT2D eigenvalue weighted by molar-refractivity contribution is 0.0508. The van der Waals surface area contributed by atoms with Gasteiger partial charge in [0.05, 0.1) is 0 Å². The molecule has 8 heteroatoms. The van der Waals surface area contributed by atoms with Crippen LogP contribution in [0.1, 0.15) is 82.1 Å². The van der Waals surface area contributed by atoms with E-state index in [2.05, 4.69) is 27.7 Å². The molecule has 172 valence electrons. The van der Waals surface area contributed by atoms with Crippen LogP contribution in [0.25, 0.3) is 0 Å². The molecule has 0 aliphatic rings. The molecule has 0 saturated heterocycles. The van der Waals surface area contributed by atoms with Crippen molar-refractivity contribution in [2.75, 3.05) is 39.6 Å². The lowest BCUT2D eigenvalue weighted by atomic mass is 10.3. The molecule has 0 rings (SSSR count). The first kappa shape index (κ1) is 30.4. The number of unbranched alkanes of at least 4 members (excludes halogenated alkanes) is 1. The van der Waals surface area contributed by atoms with Crippen LogP contribution in [0, 0.1) is 0 Å². The predicted molar refractivity (Wildman–Crippen MR) is 121 cm³/mol. The molecule has 0 fully saturated rings. The standard InChI is InChI=1S/2C10H24O3Si/c1-7-11-14(12-8-2,13-9-3)10(4,5)6;1-5-9-10-14(11-6-2,12-7-3)13-8-4/h7-9H2,1-6H3;5-10H2,1-4H3. The van der Waals surface area contributed by atoms with Crippen LogP contribution < -0.4 is 0 Å². The van der Waals surface area contributed by atoms with Crippen LogP contribution in [0.2, 0.25) is 11.1 Å². The molecule has 0 spiro atoms. The Bertz CT molecular complexity index is 316. The lowest BCUT2D eigenvalue weighted by Gasteiger charge is -2.38. The highest BCUT2D eigenvalue weighted by atomic mass is 28.4. The maximum Gasteiger partial charge on any atom is 0.506 e. The van der Waals surface area contributed by atoms with Gasteiger partial charge in [-0.05, 0) is 48.0 Å². The Labute approximate surface area is 177 Å². The summed E-state index contributed by atoms with van der Waals surface area (Å²) in [5, 5.41) is -0.0605. The molecule has 0 amide bonds. The molecule has 0 aromatic heterocycles. The van der Waals surface area contributed by atoms with Gasteiger partial charge in [0.1, 0.15) is 0 Å². The molecular formula is C20H48O6Si2. The Balaban J connectivity index is 0. The van der Waals surface area contributed by atoms with Gasteiger partial charge in [-0.1, -0.05) is 34.1 Å². The Morgan fingerprint density at radius 2 is 0.857 bits per heavy atom. The summed E-state index contributed by atoms with van der Waals surface area (Å²) in [5.41, 5.74) is 0. The first-order valence-corrected chi connectivity index (χ1v) is 14.7. The van der Waals surface area contributed by atoms with E-state index >= 15 is 0 Å². The second-order valence-electron chi connectivity index (χ2n) is 7.19. The first-order valence-electron chi connectivity index (χ1n) is 11.0. The van der Waals surface area contributed by atoms with E-state index in [-0.39, 0.29) is 5.04 Å². The van der Waals surface area contributed by atoms with Crippen LogP contribution in [-0.2, 0) is 26.6 Å². The maximum absolute atomic E-state index is 5.77. The molecule has 0 heterocycles. The Kier molecular flexibility index (Phi) is 18.4. The second kappa shape index (κ2) is 16.9. The van der Waals surface area contributed by atoms with E-state index in [9.17, 15) is 0 Å². The third-order valence-electron chi connectivity index (χ3n) is 3.85. The van der Waals surface area contributed by atoms with Crippen molar-refractivity contribution in [3.63, 3.8) is 0 Å². The van der Waals surface area contributed by atoms with E-state index in [0.717, 1.165) is 18.9 Å². The summed E-state index contributed by atoms with van der Waals surface area (Å²) in [6.07, 6.45) is 2.27. The summed E-state index contributed by atoms with van der Waals surface area (Å²) < 4.78 is 34.4. The van der Waals surface area contributed by atoms with Crippen molar-refractivity contribution in [3.8, 4) is 0 Å². The average Bonchev–Trinajstić information content (AvgIpc) is 2.61. The monoisotopic (exact) mass is 440 g/mol. The SMILES string of the molecule is CCCC[Si](OCC)(OCC)OCC.CCO[Si](OCC)(OCC)C(C)(C)C. The van der Waals surface area contributed by atoms with E-state index in [1.807, 2.05) is 41.5 Å². The van der Waals surface area contributed by atoms with Gasteiger partial charge in [0.15, 0.2) is 0 Å². The minimum absolute atomic E-state index is 0.0605. The van der Waals surface area contributed by atoms with Crippen LogP contribution in [0.4, 0.5) is 0 Å². The molecule has 0 aliphatic carbocycles. The zero-order valence-electron chi connectivity index (χ0n) is 20.3. The highest BCUT2D eigenvalue weighted by molar-refractivity contribution is 6.64. The van der Waals surface area contributed by atoms with Crippen LogP contribution in [0.15, 0.2) is 0 Å². The van der Waals surface area contributed by atoms with Gasteiger partial charge >= 0.3 is 17.6 Å². The van der Waals surface area contributed by atoms with E-state index in [1.54, 1.807) is 0 Å². The van der Waals surface area contributed by atoms with Crippen molar-refractivity contribution in [2.45, 2.75) is 93.2 Å². The van der Waals surface area contributed by atoms with Gasteiger partial charge in [0.2, 0.25) is 0 Å². The number of hydrogen-bond donors (Lipinski definition) is 0. The van der Waals surface area contributed by atoms with Gasteiger partial charge in [-0.25, -0.2) is 0 Å². The summed E-state index contributed by atoms with van der Waals surface area (Å²) in [7, 11) is -4.81. The smallest absolute Gasteiger partial charge is 0.374 e. The Morgan fingerprint density at radius 3 is 1.07 bits per heavy atom. The van der Waals surface area contributed by atoms with Crippen molar-refractivity contribution in [1.29, 1.82) is 0 Å². The topological polar surface area (TPSA) is 55.4 Å². The van der Waals surface area contributed by atoms with Crippen LogP contribution >= 0.6 is 0 Å². The molecule has 0 radical (unpaired) electrons. The fourth-order valence-corrected chi connectivity index (χ4v) is 8.22. The molecule has 0 atom stereocenters. The molecule has 0 aliphatic heterocycles. The zero-order valence-corrected chi connectivity index (χ0v) is 22.3. The van der Waals surface area contributed by atoms with Crippen molar-refractivity contribution in [2.24, 2.45) is 0 Å². The molecule has 0 aromatic rings. The van der Waals surface area contributed by atoms with Crippen molar-refractivity contribution >= 4 is 17.6 Å². The first-order chi connectivity index (χ1) is 13.2. The molecular weight excluding hydrogens is 392 g/mol. The van der Waals surface area contributed by atoms with E-state index in [4.69, 9.17) is 26.6 Å². The van der Waals surface area contributed by atoms with Gasteiger partial charge in [0.25, 0.3) is 0 Å². The second-order valence-corrected chi connectivity index (χ2v) is 13.4. The highest BCUT2D eigenvalue weighted by Crippen LogP contribution is 2.38. The molecule has 0 bridgehead atoms. The molecule has 0 N–H and O–H groups in total. The molecule has 6 nitrogen and oxygen atoms in total. The van der Waals surface area contributed by atoms with Gasteiger partial charge < -0.3 is 26.6 Å². The summed E-state index contributed by atoms with van der Waals surface area (Å²) in [5.74, 6) is 0.